The monoisotopic (exact) mass is 279 g/mol. The highest BCUT2D eigenvalue weighted by molar-refractivity contribution is 5.39. The molecule has 1 aromatic rings. The quantitative estimate of drug-likeness (QED) is 0.767. The van der Waals surface area contributed by atoms with Gasteiger partial charge in [-0.3, -0.25) is 0 Å². The van der Waals surface area contributed by atoms with Gasteiger partial charge in [0, 0.05) is 5.56 Å². The van der Waals surface area contributed by atoms with Gasteiger partial charge in [0.05, 0.1) is 0 Å². The van der Waals surface area contributed by atoms with Crippen molar-refractivity contribution in [2.24, 2.45) is 0 Å². The van der Waals surface area contributed by atoms with Crippen LogP contribution in [0.5, 0.6) is 5.75 Å². The van der Waals surface area contributed by atoms with Crippen LogP contribution in [-0.4, -0.2) is 19.6 Å². The van der Waals surface area contributed by atoms with Gasteiger partial charge in [-0.1, -0.05) is 25.1 Å². The lowest BCUT2D eigenvalue weighted by molar-refractivity contribution is -0.0531. The molecule has 0 bridgehead atoms. The van der Waals surface area contributed by atoms with E-state index in [1.54, 1.807) is 0 Å². The van der Waals surface area contributed by atoms with Crippen LogP contribution in [0.15, 0.2) is 24.3 Å². The van der Waals surface area contributed by atoms with E-state index in [4.69, 9.17) is 0 Å². The fourth-order valence-electron chi connectivity index (χ4n) is 1.77. The van der Waals surface area contributed by atoms with Crippen molar-refractivity contribution in [1.29, 1.82) is 0 Å². The average Bonchev–Trinajstić information content (AvgIpc) is 2.35. The molecule has 1 rings (SSSR count). The minimum absolute atomic E-state index is 0.0266. The summed E-state index contributed by atoms with van der Waals surface area (Å²) in [5.74, 6) is -0.232. The van der Waals surface area contributed by atoms with Gasteiger partial charge in [0.25, 0.3) is 6.43 Å². The largest absolute Gasteiger partial charge is 0.434 e. The van der Waals surface area contributed by atoms with Gasteiger partial charge in [-0.25, -0.2) is 8.78 Å². The van der Waals surface area contributed by atoms with Crippen molar-refractivity contribution in [2.45, 2.75) is 38.8 Å². The van der Waals surface area contributed by atoms with Crippen molar-refractivity contribution in [3.63, 3.8) is 0 Å². The molecule has 1 atom stereocenters. The molecule has 1 aromatic carbocycles. The molecule has 0 amide bonds. The molecule has 0 radical (unpaired) electrons. The first-order chi connectivity index (χ1) is 8.91. The summed E-state index contributed by atoms with van der Waals surface area (Å²) in [5, 5.41) is 2.70. The van der Waals surface area contributed by atoms with Gasteiger partial charge >= 0.3 is 6.61 Å². The number of rotatable bonds is 7. The van der Waals surface area contributed by atoms with Crippen LogP contribution in [0.1, 0.15) is 25.8 Å². The van der Waals surface area contributed by atoms with Crippen LogP contribution >= 0.6 is 0 Å². The lowest BCUT2D eigenvalue weighted by Crippen LogP contribution is -2.46. The lowest BCUT2D eigenvalue weighted by atomic mass is 9.91. The fourth-order valence-corrected chi connectivity index (χ4v) is 1.77. The van der Waals surface area contributed by atoms with Crippen molar-refractivity contribution in [3.8, 4) is 5.75 Å². The van der Waals surface area contributed by atoms with Crippen molar-refractivity contribution < 1.29 is 22.3 Å². The van der Waals surface area contributed by atoms with E-state index in [-0.39, 0.29) is 11.3 Å². The van der Waals surface area contributed by atoms with E-state index < -0.39 is 18.6 Å². The molecule has 0 aliphatic carbocycles. The molecule has 0 saturated heterocycles. The van der Waals surface area contributed by atoms with E-state index >= 15 is 0 Å². The summed E-state index contributed by atoms with van der Waals surface area (Å²) < 4.78 is 55.5. The van der Waals surface area contributed by atoms with Crippen LogP contribution in [-0.2, 0) is 5.54 Å². The van der Waals surface area contributed by atoms with Crippen LogP contribution < -0.4 is 10.1 Å². The topological polar surface area (TPSA) is 21.3 Å². The van der Waals surface area contributed by atoms with Crippen molar-refractivity contribution in [2.75, 3.05) is 6.54 Å². The molecule has 0 aliphatic rings. The number of nitrogens with one attached hydrogen (secondary N) is 1. The van der Waals surface area contributed by atoms with E-state index in [0.717, 1.165) is 0 Å². The smallest absolute Gasteiger partial charge is 0.387 e. The predicted molar refractivity (Wildman–Crippen MR) is 64.7 cm³/mol. The standard InChI is InChI=1S/C13H17F4NO/c1-3-8-18-13(2,11(14)15)9-6-4-5-7-10(9)19-12(16)17/h4-7,11-12,18H,3,8H2,1-2H3. The second-order valence-corrected chi connectivity index (χ2v) is 4.30. The normalized spacial score (nSPS) is 14.7. The zero-order valence-corrected chi connectivity index (χ0v) is 10.8. The molecular formula is C13H17F4NO. The number of benzene rings is 1. The van der Waals surface area contributed by atoms with Crippen molar-refractivity contribution in [3.05, 3.63) is 29.8 Å². The Morgan fingerprint density at radius 3 is 2.37 bits per heavy atom. The maximum atomic E-state index is 13.3. The molecule has 1 unspecified atom stereocenters. The zero-order valence-electron chi connectivity index (χ0n) is 10.8. The van der Waals surface area contributed by atoms with Crippen LogP contribution in [0, 0.1) is 0 Å². The van der Waals surface area contributed by atoms with E-state index in [0.29, 0.717) is 13.0 Å². The Morgan fingerprint density at radius 1 is 1.21 bits per heavy atom. The van der Waals surface area contributed by atoms with Crippen molar-refractivity contribution >= 4 is 0 Å². The molecule has 108 valence electrons. The maximum Gasteiger partial charge on any atom is 0.387 e. The number of hydrogen-bond acceptors (Lipinski definition) is 2. The summed E-state index contributed by atoms with van der Waals surface area (Å²) in [7, 11) is 0. The van der Waals surface area contributed by atoms with Gasteiger partial charge in [-0.05, 0) is 26.0 Å². The maximum absolute atomic E-state index is 13.3. The molecule has 6 heteroatoms. The second-order valence-electron chi connectivity index (χ2n) is 4.30. The van der Waals surface area contributed by atoms with E-state index in [9.17, 15) is 17.6 Å². The Morgan fingerprint density at radius 2 is 1.84 bits per heavy atom. The first-order valence-electron chi connectivity index (χ1n) is 5.99. The Labute approximate surface area is 109 Å². The molecule has 0 spiro atoms. The number of alkyl halides is 4. The lowest BCUT2D eigenvalue weighted by Gasteiger charge is -2.32. The molecule has 2 nitrogen and oxygen atoms in total. The van der Waals surface area contributed by atoms with E-state index in [1.807, 2.05) is 6.92 Å². The number of halogens is 4. The van der Waals surface area contributed by atoms with Crippen LogP contribution in [0.4, 0.5) is 17.6 Å². The summed E-state index contributed by atoms with van der Waals surface area (Å²) in [5.41, 5.74) is -1.69. The summed E-state index contributed by atoms with van der Waals surface area (Å²) in [4.78, 5) is 0. The highest BCUT2D eigenvalue weighted by Gasteiger charge is 2.38. The van der Waals surface area contributed by atoms with Gasteiger partial charge < -0.3 is 10.1 Å². The van der Waals surface area contributed by atoms with Gasteiger partial charge in [-0.2, -0.15) is 8.78 Å². The third-order valence-electron chi connectivity index (χ3n) is 2.84. The van der Waals surface area contributed by atoms with E-state index in [2.05, 4.69) is 10.1 Å². The fraction of sp³-hybridized carbons (Fsp3) is 0.538. The van der Waals surface area contributed by atoms with Crippen LogP contribution in [0.2, 0.25) is 0 Å². The third kappa shape index (κ3) is 3.83. The summed E-state index contributed by atoms with van der Waals surface area (Å²) in [6.45, 7) is 0.417. The highest BCUT2D eigenvalue weighted by Crippen LogP contribution is 2.35. The van der Waals surface area contributed by atoms with Gasteiger partial charge in [0.2, 0.25) is 0 Å². The van der Waals surface area contributed by atoms with Crippen LogP contribution in [0.25, 0.3) is 0 Å². The number of para-hydroxylation sites is 1. The summed E-state index contributed by atoms with van der Waals surface area (Å²) in [6.07, 6.45) is -2.10. The minimum Gasteiger partial charge on any atom is -0.434 e. The number of hydrogen-bond donors (Lipinski definition) is 1. The Kier molecular flexibility index (Phi) is 5.60. The van der Waals surface area contributed by atoms with E-state index in [1.165, 1.54) is 31.2 Å². The zero-order chi connectivity index (χ0) is 14.5. The van der Waals surface area contributed by atoms with Gasteiger partial charge in [0.15, 0.2) is 0 Å². The van der Waals surface area contributed by atoms with Gasteiger partial charge in [-0.15, -0.1) is 0 Å². The van der Waals surface area contributed by atoms with Crippen LogP contribution in [0.3, 0.4) is 0 Å². The highest BCUT2D eigenvalue weighted by atomic mass is 19.3. The molecule has 0 fully saturated rings. The SMILES string of the molecule is CCCNC(C)(c1ccccc1OC(F)F)C(F)F. The summed E-state index contributed by atoms with van der Waals surface area (Å²) in [6, 6.07) is 5.61. The first kappa shape index (κ1) is 15.8. The number of ether oxygens (including phenoxy) is 1. The molecule has 0 heterocycles. The first-order valence-corrected chi connectivity index (χ1v) is 5.99. The third-order valence-corrected chi connectivity index (χ3v) is 2.84. The van der Waals surface area contributed by atoms with Gasteiger partial charge in [0.1, 0.15) is 11.3 Å². The van der Waals surface area contributed by atoms with Crippen molar-refractivity contribution in [1.82, 2.24) is 5.32 Å². The second kappa shape index (κ2) is 6.75. The minimum atomic E-state index is -3.05. The molecule has 1 N–H and O–H groups in total. The predicted octanol–water partition coefficient (Wildman–Crippen LogP) is 3.77. The molecular weight excluding hydrogens is 262 g/mol. The Bertz CT molecular complexity index is 400. The molecule has 0 aliphatic heterocycles. The summed E-state index contributed by atoms with van der Waals surface area (Å²) >= 11 is 0. The Hall–Kier alpha value is -1.30. The Balaban J connectivity index is 3.15. The average molecular weight is 279 g/mol. The molecule has 0 saturated carbocycles. The molecule has 0 aromatic heterocycles. The molecule has 19 heavy (non-hydrogen) atoms.